The van der Waals surface area contributed by atoms with Gasteiger partial charge in [-0.15, -0.1) is 0 Å². The molecule has 1 atom stereocenters. The molecule has 0 aliphatic rings. The van der Waals surface area contributed by atoms with Crippen molar-refractivity contribution in [3.63, 3.8) is 0 Å². The molecule has 0 bridgehead atoms. The maximum absolute atomic E-state index is 12.4. The van der Waals surface area contributed by atoms with Crippen molar-refractivity contribution in [1.82, 2.24) is 0 Å². The molecular formula is C18H30O6SSi. The molecule has 8 heteroatoms. The van der Waals surface area contributed by atoms with Crippen molar-refractivity contribution in [2.45, 2.75) is 63.2 Å². The Balaban J connectivity index is 2.92. The van der Waals surface area contributed by atoms with Crippen molar-refractivity contribution in [1.29, 1.82) is 0 Å². The summed E-state index contributed by atoms with van der Waals surface area (Å²) in [6, 6.07) is 6.39. The van der Waals surface area contributed by atoms with E-state index in [2.05, 4.69) is 20.8 Å². The first-order valence-electron chi connectivity index (χ1n) is 8.49. The van der Waals surface area contributed by atoms with Gasteiger partial charge >= 0.3 is 5.97 Å². The number of methoxy groups -OCH3 is 1. The topological polar surface area (TPSA) is 78.9 Å². The van der Waals surface area contributed by atoms with Crippen LogP contribution in [0.3, 0.4) is 0 Å². The van der Waals surface area contributed by atoms with E-state index in [1.807, 2.05) is 20.0 Å². The second-order valence-corrected chi connectivity index (χ2v) is 14.2. The van der Waals surface area contributed by atoms with E-state index in [1.54, 1.807) is 12.1 Å². The first kappa shape index (κ1) is 22.8. The molecule has 0 heterocycles. The second-order valence-electron chi connectivity index (χ2n) is 7.83. The highest BCUT2D eigenvalue weighted by Crippen LogP contribution is 2.37. The molecule has 0 N–H and O–H groups in total. The highest BCUT2D eigenvalue weighted by atomic mass is 32.2. The Hall–Kier alpha value is -1.22. The van der Waals surface area contributed by atoms with E-state index in [-0.39, 0.29) is 23.0 Å². The minimum Gasteiger partial charge on any atom is -0.469 e. The number of carbonyl (C=O) groups excluding carboxylic acids is 1. The van der Waals surface area contributed by atoms with Gasteiger partial charge in [-0.2, -0.15) is 8.42 Å². The Morgan fingerprint density at radius 1 is 1.15 bits per heavy atom. The van der Waals surface area contributed by atoms with Crippen LogP contribution in [-0.2, 0) is 28.3 Å². The van der Waals surface area contributed by atoms with Gasteiger partial charge in [0.2, 0.25) is 0 Å². The van der Waals surface area contributed by atoms with Crippen molar-refractivity contribution in [2.24, 2.45) is 0 Å². The van der Waals surface area contributed by atoms with Gasteiger partial charge < -0.3 is 9.16 Å². The lowest BCUT2D eigenvalue weighted by Gasteiger charge is -2.38. The fourth-order valence-electron chi connectivity index (χ4n) is 1.94. The molecule has 1 aromatic carbocycles. The largest absolute Gasteiger partial charge is 0.469 e. The maximum atomic E-state index is 12.4. The Morgan fingerprint density at radius 3 is 2.15 bits per heavy atom. The first-order chi connectivity index (χ1) is 11.8. The second kappa shape index (κ2) is 8.64. The third-order valence-corrected chi connectivity index (χ3v) is 10.4. The van der Waals surface area contributed by atoms with Crippen molar-refractivity contribution in [3.8, 4) is 0 Å². The van der Waals surface area contributed by atoms with Gasteiger partial charge in [0.1, 0.15) is 0 Å². The Morgan fingerprint density at radius 2 is 1.69 bits per heavy atom. The number of ether oxygens (including phenoxy) is 1. The first-order valence-corrected chi connectivity index (χ1v) is 12.8. The lowest BCUT2D eigenvalue weighted by atomic mass is 10.2. The fourth-order valence-corrected chi connectivity index (χ4v) is 4.21. The van der Waals surface area contributed by atoms with Crippen molar-refractivity contribution in [3.05, 3.63) is 29.8 Å². The molecule has 0 aromatic heterocycles. The SMILES string of the molecule is COC(=O)C[C@@H](COS(=O)(=O)c1ccc(C)cc1)O[Si](C)(C)C(C)(C)C. The monoisotopic (exact) mass is 402 g/mol. The van der Waals surface area contributed by atoms with E-state index in [1.165, 1.54) is 19.2 Å². The van der Waals surface area contributed by atoms with Crippen LogP contribution in [0.5, 0.6) is 0 Å². The smallest absolute Gasteiger partial charge is 0.308 e. The van der Waals surface area contributed by atoms with Gasteiger partial charge in [-0.05, 0) is 37.2 Å². The van der Waals surface area contributed by atoms with E-state index in [9.17, 15) is 13.2 Å². The molecule has 148 valence electrons. The predicted molar refractivity (Wildman–Crippen MR) is 103 cm³/mol. The average molecular weight is 403 g/mol. The van der Waals surface area contributed by atoms with Gasteiger partial charge in [-0.25, -0.2) is 0 Å². The quantitative estimate of drug-likeness (QED) is 0.375. The standard InChI is InChI=1S/C18H30O6SSi/c1-14-8-10-16(11-9-14)25(20,21)23-13-15(12-17(19)22-5)24-26(6,7)18(2,3)4/h8-11,15H,12-13H2,1-7H3/t15-/m0/s1. The number of benzene rings is 1. The van der Waals surface area contributed by atoms with Crippen molar-refractivity contribution in [2.75, 3.05) is 13.7 Å². The normalized spacial score (nSPS) is 14.1. The van der Waals surface area contributed by atoms with Crippen LogP contribution in [0.25, 0.3) is 0 Å². The predicted octanol–water partition coefficient (Wildman–Crippen LogP) is 3.65. The molecule has 0 aliphatic carbocycles. The number of aryl methyl sites for hydroxylation is 1. The number of carbonyl (C=O) groups is 1. The Bertz CT molecular complexity index is 704. The lowest BCUT2D eigenvalue weighted by Crippen LogP contribution is -2.45. The molecule has 0 saturated carbocycles. The van der Waals surface area contributed by atoms with Crippen LogP contribution in [-0.4, -0.2) is 42.5 Å². The Kier molecular flexibility index (Phi) is 7.59. The van der Waals surface area contributed by atoms with Gasteiger partial charge in [-0.3, -0.25) is 8.98 Å². The van der Waals surface area contributed by atoms with Crippen LogP contribution >= 0.6 is 0 Å². The Labute approximate surface area is 158 Å². The molecule has 6 nitrogen and oxygen atoms in total. The van der Waals surface area contributed by atoms with Crippen molar-refractivity contribution < 1.29 is 26.6 Å². The summed E-state index contributed by atoms with van der Waals surface area (Å²) in [5, 5.41) is -0.0861. The summed E-state index contributed by atoms with van der Waals surface area (Å²) in [6.45, 7) is 11.9. The van der Waals surface area contributed by atoms with Crippen LogP contribution in [0.15, 0.2) is 29.2 Å². The average Bonchev–Trinajstić information content (AvgIpc) is 2.51. The zero-order valence-corrected chi connectivity index (χ0v) is 18.5. The van der Waals surface area contributed by atoms with Gasteiger partial charge in [0.05, 0.1) is 31.1 Å². The molecule has 0 amide bonds. The summed E-state index contributed by atoms with van der Waals surface area (Å²) in [6.07, 6.45) is -0.754. The summed E-state index contributed by atoms with van der Waals surface area (Å²) in [7, 11) is -4.85. The van der Waals surface area contributed by atoms with Gasteiger partial charge in [0.25, 0.3) is 10.1 Å². The lowest BCUT2D eigenvalue weighted by molar-refractivity contribution is -0.143. The minimum atomic E-state index is -3.92. The van der Waals surface area contributed by atoms with Crippen molar-refractivity contribution >= 4 is 24.4 Å². The zero-order chi connectivity index (χ0) is 20.2. The molecule has 26 heavy (non-hydrogen) atoms. The summed E-state index contributed by atoms with van der Waals surface area (Å²) in [5.74, 6) is -0.468. The highest BCUT2D eigenvalue weighted by Gasteiger charge is 2.40. The molecule has 0 fully saturated rings. The third kappa shape index (κ3) is 6.50. The van der Waals surface area contributed by atoms with Crippen LogP contribution in [0.4, 0.5) is 0 Å². The summed E-state index contributed by atoms with van der Waals surface area (Å²) in [5.41, 5.74) is 0.953. The molecule has 1 aromatic rings. The fraction of sp³-hybridized carbons (Fsp3) is 0.611. The van der Waals surface area contributed by atoms with E-state index in [0.717, 1.165) is 5.56 Å². The molecule has 0 aliphatic heterocycles. The van der Waals surface area contributed by atoms with Crippen LogP contribution in [0.1, 0.15) is 32.8 Å². The van der Waals surface area contributed by atoms with Crippen LogP contribution in [0, 0.1) is 6.92 Å². The summed E-state index contributed by atoms with van der Waals surface area (Å²) in [4.78, 5) is 11.8. The molecular weight excluding hydrogens is 372 g/mol. The number of rotatable bonds is 8. The van der Waals surface area contributed by atoms with E-state index in [4.69, 9.17) is 13.3 Å². The molecule has 0 spiro atoms. The van der Waals surface area contributed by atoms with Crippen LogP contribution in [0.2, 0.25) is 18.1 Å². The molecule has 0 unspecified atom stereocenters. The summed E-state index contributed by atoms with van der Waals surface area (Å²) < 4.78 is 40.8. The number of esters is 1. The van der Waals surface area contributed by atoms with Gasteiger partial charge in [0.15, 0.2) is 8.32 Å². The van der Waals surface area contributed by atoms with Gasteiger partial charge in [-0.1, -0.05) is 38.5 Å². The summed E-state index contributed by atoms with van der Waals surface area (Å²) >= 11 is 0. The number of hydrogen-bond acceptors (Lipinski definition) is 6. The van der Waals surface area contributed by atoms with Gasteiger partial charge in [0, 0.05) is 0 Å². The minimum absolute atomic E-state index is 0.0631. The van der Waals surface area contributed by atoms with E-state index in [0.29, 0.717) is 0 Å². The van der Waals surface area contributed by atoms with Crippen LogP contribution < -0.4 is 0 Å². The molecule has 0 saturated heterocycles. The highest BCUT2D eigenvalue weighted by molar-refractivity contribution is 7.86. The maximum Gasteiger partial charge on any atom is 0.308 e. The van der Waals surface area contributed by atoms with E-state index >= 15 is 0 Å². The van der Waals surface area contributed by atoms with E-state index < -0.39 is 30.5 Å². The zero-order valence-electron chi connectivity index (χ0n) is 16.7. The third-order valence-electron chi connectivity index (χ3n) is 4.61. The number of hydrogen-bond donors (Lipinski definition) is 0. The molecule has 0 radical (unpaired) electrons. The molecule has 1 rings (SSSR count).